The monoisotopic (exact) mass is 384 g/mol. The molecule has 0 heterocycles. The first-order valence-electron chi connectivity index (χ1n) is 8.12. The van der Waals surface area contributed by atoms with E-state index in [1.54, 1.807) is 0 Å². The van der Waals surface area contributed by atoms with Crippen LogP contribution in [0.15, 0.2) is 24.3 Å². The molecule has 0 saturated carbocycles. The van der Waals surface area contributed by atoms with Crippen molar-refractivity contribution in [2.24, 2.45) is 11.7 Å². The molecule has 2 amide bonds. The first kappa shape index (κ1) is 21.2. The van der Waals surface area contributed by atoms with E-state index in [4.69, 9.17) is 29.6 Å². The number of nitrogens with two attached hydrogens (primary N) is 1. The molecule has 0 aromatic heterocycles. The molecule has 0 fully saturated rings. The fourth-order valence-corrected chi connectivity index (χ4v) is 2.46. The molecule has 1 aromatic rings. The van der Waals surface area contributed by atoms with Gasteiger partial charge in [0.25, 0.3) is 0 Å². The van der Waals surface area contributed by atoms with Gasteiger partial charge in [0.15, 0.2) is 5.11 Å². The summed E-state index contributed by atoms with van der Waals surface area (Å²) >= 11 is 11.0. The lowest BCUT2D eigenvalue weighted by Gasteiger charge is -2.18. The van der Waals surface area contributed by atoms with Crippen LogP contribution in [0.3, 0.4) is 0 Å². The van der Waals surface area contributed by atoms with Gasteiger partial charge in [-0.1, -0.05) is 37.6 Å². The van der Waals surface area contributed by atoms with Crippen molar-refractivity contribution in [3.63, 3.8) is 0 Å². The largest absolute Gasteiger partial charge is 0.368 e. The molecule has 0 radical (unpaired) electrons. The average molecular weight is 385 g/mol. The summed E-state index contributed by atoms with van der Waals surface area (Å²) in [4.78, 5) is 23.2. The second-order valence-electron chi connectivity index (χ2n) is 6.14. The summed E-state index contributed by atoms with van der Waals surface area (Å²) in [5.41, 5.74) is 6.43. The maximum absolute atomic E-state index is 11.9. The number of primary amides is 1. The van der Waals surface area contributed by atoms with E-state index in [0.717, 1.165) is 12.0 Å². The van der Waals surface area contributed by atoms with Gasteiger partial charge in [0.05, 0.1) is 6.54 Å². The fourth-order valence-electron chi connectivity index (χ4n) is 2.16. The minimum Gasteiger partial charge on any atom is -0.368 e. The molecular weight excluding hydrogens is 360 g/mol. The molecule has 0 bridgehead atoms. The molecule has 1 unspecified atom stereocenters. The van der Waals surface area contributed by atoms with E-state index < -0.39 is 11.9 Å². The Morgan fingerprint density at radius 2 is 1.84 bits per heavy atom. The van der Waals surface area contributed by atoms with Crippen molar-refractivity contribution in [1.29, 1.82) is 0 Å². The fraction of sp³-hybridized carbons (Fsp3) is 0.471. The minimum absolute atomic E-state index is 0.0192. The molecule has 6 nitrogen and oxygen atoms in total. The average Bonchev–Trinajstić information content (AvgIpc) is 2.53. The number of benzene rings is 1. The van der Waals surface area contributed by atoms with E-state index in [2.05, 4.69) is 16.0 Å². The highest BCUT2D eigenvalue weighted by atomic mass is 35.5. The van der Waals surface area contributed by atoms with Gasteiger partial charge >= 0.3 is 0 Å². The van der Waals surface area contributed by atoms with Crippen LogP contribution in [-0.2, 0) is 16.0 Å². The highest BCUT2D eigenvalue weighted by molar-refractivity contribution is 7.80. The van der Waals surface area contributed by atoms with Crippen molar-refractivity contribution >= 4 is 40.7 Å². The summed E-state index contributed by atoms with van der Waals surface area (Å²) in [6.45, 7) is 4.53. The van der Waals surface area contributed by atoms with E-state index in [1.807, 2.05) is 38.1 Å². The Morgan fingerprint density at radius 3 is 2.40 bits per heavy atom. The Labute approximate surface area is 158 Å². The second kappa shape index (κ2) is 10.9. The second-order valence-corrected chi connectivity index (χ2v) is 6.98. The predicted molar refractivity (Wildman–Crippen MR) is 104 cm³/mol. The molecule has 0 saturated heterocycles. The summed E-state index contributed by atoms with van der Waals surface area (Å²) in [7, 11) is 0. The van der Waals surface area contributed by atoms with Gasteiger partial charge in [-0.25, -0.2) is 0 Å². The van der Waals surface area contributed by atoms with Crippen LogP contribution in [0, 0.1) is 5.92 Å². The molecule has 8 heteroatoms. The smallest absolute Gasteiger partial charge is 0.240 e. The Balaban J connectivity index is 2.26. The predicted octanol–water partition coefficient (Wildman–Crippen LogP) is 1.36. The van der Waals surface area contributed by atoms with Crippen LogP contribution in [-0.4, -0.2) is 36.1 Å². The maximum atomic E-state index is 11.9. The molecule has 138 valence electrons. The zero-order valence-corrected chi connectivity index (χ0v) is 16.0. The molecule has 5 N–H and O–H groups in total. The molecule has 0 aliphatic rings. The number of halogens is 1. The summed E-state index contributed by atoms with van der Waals surface area (Å²) in [6.07, 6.45) is 1.29. The van der Waals surface area contributed by atoms with Crippen LogP contribution in [0.5, 0.6) is 0 Å². The number of nitrogens with one attached hydrogen (secondary N) is 3. The summed E-state index contributed by atoms with van der Waals surface area (Å²) in [5, 5.41) is 9.53. The van der Waals surface area contributed by atoms with Crippen molar-refractivity contribution in [1.82, 2.24) is 16.0 Å². The van der Waals surface area contributed by atoms with Gasteiger partial charge in [-0.3, -0.25) is 9.59 Å². The molecule has 1 atom stereocenters. The van der Waals surface area contributed by atoms with Gasteiger partial charge < -0.3 is 21.7 Å². The SMILES string of the molecule is CC(C)CC(NC(=O)CNC(=S)NCCc1ccc(Cl)cc1)C(N)=O. The number of hydrogen-bond acceptors (Lipinski definition) is 3. The summed E-state index contributed by atoms with van der Waals surface area (Å²) in [6, 6.07) is 6.91. The third kappa shape index (κ3) is 9.26. The molecule has 0 spiro atoms. The van der Waals surface area contributed by atoms with E-state index in [0.29, 0.717) is 23.1 Å². The van der Waals surface area contributed by atoms with Gasteiger partial charge in [-0.2, -0.15) is 0 Å². The molecule has 1 rings (SSSR count). The lowest BCUT2D eigenvalue weighted by atomic mass is 10.0. The highest BCUT2D eigenvalue weighted by Gasteiger charge is 2.19. The van der Waals surface area contributed by atoms with Gasteiger partial charge in [-0.15, -0.1) is 0 Å². The van der Waals surface area contributed by atoms with Gasteiger partial charge in [0, 0.05) is 11.6 Å². The summed E-state index contributed by atoms with van der Waals surface area (Å²) in [5.74, 6) is -0.613. The van der Waals surface area contributed by atoms with Crippen LogP contribution in [0.2, 0.25) is 5.02 Å². The van der Waals surface area contributed by atoms with Gasteiger partial charge in [-0.05, 0) is 48.7 Å². The standard InChI is InChI=1S/C17H25ClN4O2S/c1-11(2)9-14(16(19)24)22-15(23)10-21-17(25)20-8-7-12-3-5-13(18)6-4-12/h3-6,11,14H,7-10H2,1-2H3,(H2,19,24)(H,22,23)(H2,20,21,25). The number of carbonyl (C=O) groups is 2. The van der Waals surface area contributed by atoms with Gasteiger partial charge in [0.1, 0.15) is 6.04 Å². The number of rotatable bonds is 9. The Hall–Kier alpha value is -1.86. The lowest BCUT2D eigenvalue weighted by molar-refractivity contribution is -0.127. The first-order chi connectivity index (χ1) is 11.8. The van der Waals surface area contributed by atoms with E-state index in [1.165, 1.54) is 0 Å². The number of thiocarbonyl (C=S) groups is 1. The molecule has 1 aromatic carbocycles. The van der Waals surface area contributed by atoms with Crippen molar-refractivity contribution in [3.8, 4) is 0 Å². The maximum Gasteiger partial charge on any atom is 0.240 e. The number of hydrogen-bond donors (Lipinski definition) is 4. The minimum atomic E-state index is -0.666. The number of carbonyl (C=O) groups excluding carboxylic acids is 2. The first-order valence-corrected chi connectivity index (χ1v) is 8.91. The molecule has 25 heavy (non-hydrogen) atoms. The van der Waals surface area contributed by atoms with Crippen LogP contribution < -0.4 is 21.7 Å². The van der Waals surface area contributed by atoms with E-state index in [9.17, 15) is 9.59 Å². The molecular formula is C17H25ClN4O2S. The Bertz CT molecular complexity index is 593. The van der Waals surface area contributed by atoms with Crippen LogP contribution >= 0.6 is 23.8 Å². The topological polar surface area (TPSA) is 96.2 Å². The van der Waals surface area contributed by atoms with Crippen molar-refractivity contribution in [2.75, 3.05) is 13.1 Å². The van der Waals surface area contributed by atoms with Crippen LogP contribution in [0.4, 0.5) is 0 Å². The number of amides is 2. The molecule has 0 aliphatic carbocycles. The van der Waals surface area contributed by atoms with Gasteiger partial charge in [0.2, 0.25) is 11.8 Å². The summed E-state index contributed by atoms with van der Waals surface area (Å²) < 4.78 is 0. The van der Waals surface area contributed by atoms with Crippen molar-refractivity contribution in [2.45, 2.75) is 32.7 Å². The van der Waals surface area contributed by atoms with Crippen LogP contribution in [0.25, 0.3) is 0 Å². The Morgan fingerprint density at radius 1 is 1.20 bits per heavy atom. The zero-order valence-electron chi connectivity index (χ0n) is 14.5. The highest BCUT2D eigenvalue weighted by Crippen LogP contribution is 2.09. The van der Waals surface area contributed by atoms with Crippen molar-refractivity contribution < 1.29 is 9.59 Å². The molecule has 0 aliphatic heterocycles. The van der Waals surface area contributed by atoms with E-state index >= 15 is 0 Å². The Kier molecular flexibility index (Phi) is 9.23. The zero-order chi connectivity index (χ0) is 18.8. The lowest BCUT2D eigenvalue weighted by Crippen LogP contribution is -2.49. The normalized spacial score (nSPS) is 11.7. The quantitative estimate of drug-likeness (QED) is 0.482. The van der Waals surface area contributed by atoms with Crippen molar-refractivity contribution in [3.05, 3.63) is 34.9 Å². The third-order valence-electron chi connectivity index (χ3n) is 3.41. The third-order valence-corrected chi connectivity index (χ3v) is 3.95. The van der Waals surface area contributed by atoms with E-state index in [-0.39, 0.29) is 18.4 Å². The van der Waals surface area contributed by atoms with Crippen LogP contribution in [0.1, 0.15) is 25.8 Å².